The van der Waals surface area contributed by atoms with Crippen molar-refractivity contribution in [2.24, 2.45) is 0 Å². The largest absolute Gasteiger partial charge is 0.473 e. The zero-order valence-electron chi connectivity index (χ0n) is 12.1. The first-order chi connectivity index (χ1) is 10.8. The van der Waals surface area contributed by atoms with Gasteiger partial charge in [-0.2, -0.15) is 0 Å². The Bertz CT molecular complexity index is 758. The van der Waals surface area contributed by atoms with Gasteiger partial charge in [0.05, 0.1) is 30.5 Å². The molecule has 0 unspecified atom stereocenters. The van der Waals surface area contributed by atoms with Gasteiger partial charge in [0.15, 0.2) is 5.65 Å². The predicted octanol–water partition coefficient (Wildman–Crippen LogP) is 2.67. The Morgan fingerprint density at radius 1 is 1.18 bits per heavy atom. The topological polar surface area (TPSA) is 72.8 Å². The number of aliphatic hydroxyl groups excluding tert-OH is 1. The van der Waals surface area contributed by atoms with Crippen LogP contribution in [-0.2, 0) is 0 Å². The van der Waals surface area contributed by atoms with Crippen molar-refractivity contribution in [1.82, 2.24) is 14.6 Å². The molecule has 0 spiro atoms. The van der Waals surface area contributed by atoms with Gasteiger partial charge in [-0.05, 0) is 37.8 Å². The number of hydrogen-bond donors (Lipinski definition) is 1. The molecule has 1 fully saturated rings. The van der Waals surface area contributed by atoms with Crippen LogP contribution in [0.15, 0.2) is 41.3 Å². The molecule has 6 heteroatoms. The summed E-state index contributed by atoms with van der Waals surface area (Å²) in [5.41, 5.74) is 2.56. The summed E-state index contributed by atoms with van der Waals surface area (Å²) < 4.78 is 12.8. The van der Waals surface area contributed by atoms with Crippen molar-refractivity contribution in [2.75, 3.05) is 0 Å². The van der Waals surface area contributed by atoms with E-state index in [-0.39, 0.29) is 12.2 Å². The van der Waals surface area contributed by atoms with Crippen molar-refractivity contribution >= 4 is 5.65 Å². The van der Waals surface area contributed by atoms with E-state index in [1.54, 1.807) is 23.2 Å². The van der Waals surface area contributed by atoms with Gasteiger partial charge in [0.1, 0.15) is 6.10 Å². The molecule has 114 valence electrons. The molecular formula is C16H17N3O3. The Balaban J connectivity index is 1.61. The normalized spacial score (nSPS) is 22.0. The average molecular weight is 299 g/mol. The zero-order chi connectivity index (χ0) is 14.9. The van der Waals surface area contributed by atoms with Gasteiger partial charge >= 0.3 is 0 Å². The number of rotatable bonds is 3. The number of aromatic nitrogens is 3. The molecule has 0 aromatic carbocycles. The fourth-order valence-corrected chi connectivity index (χ4v) is 2.86. The van der Waals surface area contributed by atoms with E-state index in [9.17, 15) is 5.11 Å². The lowest BCUT2D eigenvalue weighted by Gasteiger charge is -2.25. The van der Waals surface area contributed by atoms with Gasteiger partial charge in [-0.3, -0.25) is 0 Å². The van der Waals surface area contributed by atoms with Crippen molar-refractivity contribution < 1.29 is 14.3 Å². The molecule has 22 heavy (non-hydrogen) atoms. The molecule has 4 rings (SSSR count). The number of fused-ring (bicyclic) bond motifs is 1. The third-order valence-corrected chi connectivity index (χ3v) is 4.09. The molecule has 3 aromatic heterocycles. The standard InChI is InChI=1S/C16H17N3O3/c20-12-1-3-13(4-2-12)22-16-6-5-15-17-9-14(19(15)18-16)11-7-8-21-10-11/h5-10,12-13,20H,1-4H2. The van der Waals surface area contributed by atoms with Gasteiger partial charge in [-0.1, -0.05) is 0 Å². The van der Waals surface area contributed by atoms with E-state index < -0.39 is 0 Å². The first kappa shape index (κ1) is 13.3. The first-order valence-corrected chi connectivity index (χ1v) is 7.52. The fraction of sp³-hybridized carbons (Fsp3) is 0.375. The second-order valence-corrected chi connectivity index (χ2v) is 5.65. The maximum Gasteiger partial charge on any atom is 0.232 e. The van der Waals surface area contributed by atoms with Crippen LogP contribution < -0.4 is 4.74 Å². The number of imidazole rings is 1. The zero-order valence-corrected chi connectivity index (χ0v) is 12.1. The summed E-state index contributed by atoms with van der Waals surface area (Å²) in [5.74, 6) is 0.580. The van der Waals surface area contributed by atoms with Crippen molar-refractivity contribution in [3.8, 4) is 17.1 Å². The number of furan rings is 1. The second-order valence-electron chi connectivity index (χ2n) is 5.65. The molecule has 1 aliphatic carbocycles. The molecule has 0 radical (unpaired) electrons. The van der Waals surface area contributed by atoms with Crippen LogP contribution in [0.3, 0.4) is 0 Å². The van der Waals surface area contributed by atoms with Crippen molar-refractivity contribution in [2.45, 2.75) is 37.9 Å². The molecule has 0 saturated heterocycles. The SMILES string of the molecule is OC1CCC(Oc2ccc3ncc(-c4ccoc4)n3n2)CC1. The van der Waals surface area contributed by atoms with Crippen molar-refractivity contribution in [3.63, 3.8) is 0 Å². The third kappa shape index (κ3) is 2.46. The van der Waals surface area contributed by atoms with Crippen LogP contribution in [0.5, 0.6) is 5.88 Å². The van der Waals surface area contributed by atoms with Crippen LogP contribution >= 0.6 is 0 Å². The molecule has 6 nitrogen and oxygen atoms in total. The van der Waals surface area contributed by atoms with Gasteiger partial charge in [0.2, 0.25) is 5.88 Å². The average Bonchev–Trinajstić information content (AvgIpc) is 3.18. The highest BCUT2D eigenvalue weighted by Crippen LogP contribution is 2.25. The Hall–Kier alpha value is -2.34. The lowest BCUT2D eigenvalue weighted by Crippen LogP contribution is -2.26. The highest BCUT2D eigenvalue weighted by atomic mass is 16.5. The van der Waals surface area contributed by atoms with E-state index in [0.29, 0.717) is 5.88 Å². The quantitative estimate of drug-likeness (QED) is 0.805. The Labute approximate surface area is 127 Å². The Kier molecular flexibility index (Phi) is 3.31. The minimum absolute atomic E-state index is 0.120. The maximum atomic E-state index is 9.56. The lowest BCUT2D eigenvalue weighted by molar-refractivity contribution is 0.0637. The molecule has 1 N–H and O–H groups in total. The highest BCUT2D eigenvalue weighted by Gasteiger charge is 2.21. The smallest absolute Gasteiger partial charge is 0.232 e. The molecule has 0 aliphatic heterocycles. The minimum Gasteiger partial charge on any atom is -0.473 e. The van der Waals surface area contributed by atoms with Gasteiger partial charge in [0.25, 0.3) is 0 Å². The fourth-order valence-electron chi connectivity index (χ4n) is 2.86. The molecule has 1 saturated carbocycles. The molecule has 0 bridgehead atoms. The van der Waals surface area contributed by atoms with Gasteiger partial charge in [-0.25, -0.2) is 9.50 Å². The van der Waals surface area contributed by atoms with Crippen molar-refractivity contribution in [3.05, 3.63) is 36.9 Å². The van der Waals surface area contributed by atoms with E-state index in [1.807, 2.05) is 18.2 Å². The van der Waals surface area contributed by atoms with E-state index in [2.05, 4.69) is 10.1 Å². The summed E-state index contributed by atoms with van der Waals surface area (Å²) in [6.07, 6.45) is 8.30. The maximum absolute atomic E-state index is 9.56. The summed E-state index contributed by atoms with van der Waals surface area (Å²) >= 11 is 0. The summed E-state index contributed by atoms with van der Waals surface area (Å²) in [6.45, 7) is 0. The molecular weight excluding hydrogens is 282 g/mol. The van der Waals surface area contributed by atoms with E-state index >= 15 is 0 Å². The molecule has 0 atom stereocenters. The molecule has 3 aromatic rings. The van der Waals surface area contributed by atoms with E-state index in [0.717, 1.165) is 42.6 Å². The summed E-state index contributed by atoms with van der Waals surface area (Å²) in [6, 6.07) is 5.61. The van der Waals surface area contributed by atoms with Crippen LogP contribution in [-0.4, -0.2) is 31.9 Å². The molecule has 0 amide bonds. The molecule has 3 heterocycles. The Morgan fingerprint density at radius 2 is 2.05 bits per heavy atom. The lowest BCUT2D eigenvalue weighted by atomic mass is 9.95. The third-order valence-electron chi connectivity index (χ3n) is 4.09. The van der Waals surface area contributed by atoms with Crippen LogP contribution in [0.2, 0.25) is 0 Å². The van der Waals surface area contributed by atoms with Gasteiger partial charge in [-0.15, -0.1) is 5.10 Å². The molecule has 1 aliphatic rings. The van der Waals surface area contributed by atoms with Crippen LogP contribution in [0.4, 0.5) is 0 Å². The van der Waals surface area contributed by atoms with Crippen LogP contribution in [0.25, 0.3) is 16.9 Å². The summed E-state index contributed by atoms with van der Waals surface area (Å²) in [5, 5.41) is 14.1. The van der Waals surface area contributed by atoms with Gasteiger partial charge < -0.3 is 14.3 Å². The van der Waals surface area contributed by atoms with E-state index in [1.165, 1.54) is 0 Å². The van der Waals surface area contributed by atoms with Gasteiger partial charge in [0, 0.05) is 11.6 Å². The number of hydrogen-bond acceptors (Lipinski definition) is 5. The minimum atomic E-state index is -0.184. The van der Waals surface area contributed by atoms with Crippen molar-refractivity contribution in [1.29, 1.82) is 0 Å². The van der Waals surface area contributed by atoms with Crippen LogP contribution in [0, 0.1) is 0 Å². The number of ether oxygens (including phenoxy) is 1. The monoisotopic (exact) mass is 299 g/mol. The predicted molar refractivity (Wildman–Crippen MR) is 79.6 cm³/mol. The first-order valence-electron chi connectivity index (χ1n) is 7.52. The summed E-state index contributed by atoms with van der Waals surface area (Å²) in [4.78, 5) is 4.34. The number of nitrogens with zero attached hydrogens (tertiary/aromatic N) is 3. The number of aliphatic hydroxyl groups is 1. The second kappa shape index (κ2) is 5.46. The van der Waals surface area contributed by atoms with E-state index in [4.69, 9.17) is 9.15 Å². The highest BCUT2D eigenvalue weighted by molar-refractivity contribution is 5.61. The summed E-state index contributed by atoms with van der Waals surface area (Å²) in [7, 11) is 0. The Morgan fingerprint density at radius 3 is 2.82 bits per heavy atom. The van der Waals surface area contributed by atoms with Crippen LogP contribution in [0.1, 0.15) is 25.7 Å².